The van der Waals surface area contributed by atoms with E-state index in [9.17, 15) is 9.59 Å². The zero-order chi connectivity index (χ0) is 21.5. The van der Waals surface area contributed by atoms with Gasteiger partial charge in [0.1, 0.15) is 22.9 Å². The summed E-state index contributed by atoms with van der Waals surface area (Å²) in [5.74, 6) is 0.288. The van der Waals surface area contributed by atoms with Gasteiger partial charge in [0.25, 0.3) is 5.91 Å². The molecule has 0 unspecified atom stereocenters. The Labute approximate surface area is 181 Å². The third-order valence-corrected chi connectivity index (χ3v) is 5.90. The Morgan fingerprint density at radius 2 is 1.94 bits per heavy atom. The quantitative estimate of drug-likeness (QED) is 0.439. The maximum atomic E-state index is 13.4. The highest BCUT2D eigenvalue weighted by molar-refractivity contribution is 7.15. The molecule has 0 saturated heterocycles. The monoisotopic (exact) mass is 431 g/mol. The molecule has 4 aromatic rings. The predicted octanol–water partition coefficient (Wildman–Crippen LogP) is 4.27. The zero-order valence-electron chi connectivity index (χ0n) is 16.6. The van der Waals surface area contributed by atoms with Crippen molar-refractivity contribution in [3.8, 4) is 5.75 Å². The standard InChI is InChI=1S/C23H17N3O4S/c1-3-12-29-15-10-8-14(9-11-15)19-18-20(27)16-6-4-5-7-17(16)30-21(18)22(28)26(19)23-25-24-13(2)31-23/h3-11,19H,1,12H2,2H3/t19-/m0/s1. The molecule has 154 valence electrons. The van der Waals surface area contributed by atoms with E-state index in [0.29, 0.717) is 34.0 Å². The number of hydrogen-bond acceptors (Lipinski definition) is 7. The molecule has 0 fully saturated rings. The van der Waals surface area contributed by atoms with Gasteiger partial charge < -0.3 is 9.15 Å². The molecule has 8 heteroatoms. The van der Waals surface area contributed by atoms with Crippen molar-refractivity contribution in [2.75, 3.05) is 11.5 Å². The molecule has 3 heterocycles. The Hall–Kier alpha value is -3.78. The molecule has 0 bridgehead atoms. The summed E-state index contributed by atoms with van der Waals surface area (Å²) in [6.07, 6.45) is 1.66. The van der Waals surface area contributed by atoms with Gasteiger partial charge >= 0.3 is 0 Å². The van der Waals surface area contributed by atoms with Gasteiger partial charge in [0.2, 0.25) is 10.9 Å². The average molecular weight is 431 g/mol. The summed E-state index contributed by atoms with van der Waals surface area (Å²) in [5.41, 5.74) is 1.19. The van der Waals surface area contributed by atoms with Crippen molar-refractivity contribution in [3.05, 3.63) is 93.3 Å². The molecule has 7 nitrogen and oxygen atoms in total. The molecule has 1 aliphatic rings. The number of aromatic nitrogens is 2. The van der Waals surface area contributed by atoms with E-state index < -0.39 is 11.9 Å². The van der Waals surface area contributed by atoms with Crippen LogP contribution in [0.5, 0.6) is 5.75 Å². The van der Waals surface area contributed by atoms with E-state index in [-0.39, 0.29) is 11.2 Å². The lowest BCUT2D eigenvalue weighted by Crippen LogP contribution is -2.29. The molecule has 1 atom stereocenters. The van der Waals surface area contributed by atoms with Crippen molar-refractivity contribution >= 4 is 33.3 Å². The molecule has 1 aliphatic heterocycles. The first-order chi connectivity index (χ1) is 15.1. The van der Waals surface area contributed by atoms with Crippen molar-refractivity contribution in [1.82, 2.24) is 10.2 Å². The number of para-hydroxylation sites is 1. The van der Waals surface area contributed by atoms with Crippen LogP contribution in [0, 0.1) is 6.92 Å². The van der Waals surface area contributed by atoms with E-state index in [4.69, 9.17) is 9.15 Å². The van der Waals surface area contributed by atoms with Gasteiger partial charge in [-0.2, -0.15) is 0 Å². The van der Waals surface area contributed by atoms with Crippen molar-refractivity contribution in [2.45, 2.75) is 13.0 Å². The lowest BCUT2D eigenvalue weighted by atomic mass is 9.98. The maximum Gasteiger partial charge on any atom is 0.297 e. The Bertz CT molecular complexity index is 1370. The van der Waals surface area contributed by atoms with Gasteiger partial charge in [-0.05, 0) is 36.8 Å². The number of rotatable bonds is 5. The highest BCUT2D eigenvalue weighted by atomic mass is 32.1. The summed E-state index contributed by atoms with van der Waals surface area (Å²) < 4.78 is 11.5. The first kappa shape index (κ1) is 19.2. The van der Waals surface area contributed by atoms with E-state index in [1.807, 2.05) is 19.1 Å². The van der Waals surface area contributed by atoms with Gasteiger partial charge in [-0.3, -0.25) is 14.5 Å². The van der Waals surface area contributed by atoms with Crippen molar-refractivity contribution in [2.24, 2.45) is 0 Å². The number of carbonyl (C=O) groups excluding carboxylic acids is 1. The van der Waals surface area contributed by atoms with Crippen LogP contribution in [0.15, 0.2) is 70.4 Å². The molecule has 31 heavy (non-hydrogen) atoms. The van der Waals surface area contributed by atoms with Crippen LogP contribution in [-0.2, 0) is 0 Å². The molecule has 5 rings (SSSR count). The molecule has 0 N–H and O–H groups in total. The lowest BCUT2D eigenvalue weighted by molar-refractivity contribution is 0.0970. The first-order valence-electron chi connectivity index (χ1n) is 9.61. The average Bonchev–Trinajstić information content (AvgIpc) is 3.34. The number of fused-ring (bicyclic) bond motifs is 2. The normalized spacial score (nSPS) is 15.3. The largest absolute Gasteiger partial charge is 0.490 e. The second kappa shape index (κ2) is 7.48. The fourth-order valence-corrected chi connectivity index (χ4v) is 4.43. The molecule has 1 amide bonds. The Kier molecular flexibility index (Phi) is 4.63. The van der Waals surface area contributed by atoms with Crippen LogP contribution >= 0.6 is 11.3 Å². The number of benzene rings is 2. The number of hydrogen-bond donors (Lipinski definition) is 0. The molecule has 2 aromatic carbocycles. The summed E-state index contributed by atoms with van der Waals surface area (Å²) in [4.78, 5) is 28.3. The Morgan fingerprint density at radius 3 is 2.65 bits per heavy atom. The van der Waals surface area contributed by atoms with E-state index >= 15 is 0 Å². The number of aryl methyl sites for hydroxylation is 1. The van der Waals surface area contributed by atoms with Gasteiger partial charge in [0.15, 0.2) is 5.43 Å². The number of nitrogens with zero attached hydrogens (tertiary/aromatic N) is 3. The number of anilines is 1. The first-order valence-corrected chi connectivity index (χ1v) is 10.4. The van der Waals surface area contributed by atoms with Gasteiger partial charge in [-0.25, -0.2) is 0 Å². The summed E-state index contributed by atoms with van der Waals surface area (Å²) in [5, 5.41) is 9.77. The van der Waals surface area contributed by atoms with Crippen molar-refractivity contribution in [3.63, 3.8) is 0 Å². The summed E-state index contributed by atoms with van der Waals surface area (Å²) in [6.45, 7) is 5.84. The SMILES string of the molecule is C=CCOc1ccc([C@H]2c3c(oc4ccccc4c3=O)C(=O)N2c2nnc(C)s2)cc1. The topological polar surface area (TPSA) is 85.5 Å². The molecule has 0 radical (unpaired) electrons. The van der Waals surface area contributed by atoms with Crippen LogP contribution in [0.1, 0.15) is 32.7 Å². The molecule has 0 spiro atoms. The van der Waals surface area contributed by atoms with Crippen LogP contribution in [0.2, 0.25) is 0 Å². The second-order valence-electron chi connectivity index (χ2n) is 7.02. The van der Waals surface area contributed by atoms with Gasteiger partial charge in [0, 0.05) is 0 Å². The summed E-state index contributed by atoms with van der Waals surface area (Å²) in [7, 11) is 0. The van der Waals surface area contributed by atoms with Crippen LogP contribution in [-0.4, -0.2) is 22.7 Å². The number of ether oxygens (including phenoxy) is 1. The minimum atomic E-state index is -0.677. The van der Waals surface area contributed by atoms with Gasteiger partial charge in [-0.1, -0.05) is 48.3 Å². The zero-order valence-corrected chi connectivity index (χ0v) is 17.4. The molecule has 0 saturated carbocycles. The lowest BCUT2D eigenvalue weighted by Gasteiger charge is -2.22. The van der Waals surface area contributed by atoms with Crippen molar-refractivity contribution in [1.29, 1.82) is 0 Å². The summed E-state index contributed by atoms with van der Waals surface area (Å²) in [6, 6.07) is 13.5. The minimum Gasteiger partial charge on any atom is -0.490 e. The molecule has 0 aliphatic carbocycles. The molecular weight excluding hydrogens is 414 g/mol. The maximum absolute atomic E-state index is 13.4. The van der Waals surface area contributed by atoms with Gasteiger partial charge in [-0.15, -0.1) is 10.2 Å². The van der Waals surface area contributed by atoms with Crippen LogP contribution < -0.4 is 15.1 Å². The third kappa shape index (κ3) is 3.12. The Balaban J connectivity index is 1.71. The minimum absolute atomic E-state index is 0.0357. The molecular formula is C23H17N3O4S. The summed E-state index contributed by atoms with van der Waals surface area (Å²) >= 11 is 1.29. The van der Waals surface area contributed by atoms with Gasteiger partial charge in [0.05, 0.1) is 17.0 Å². The van der Waals surface area contributed by atoms with Crippen LogP contribution in [0.25, 0.3) is 11.0 Å². The van der Waals surface area contributed by atoms with E-state index in [1.165, 1.54) is 16.2 Å². The van der Waals surface area contributed by atoms with E-state index in [1.54, 1.807) is 42.5 Å². The second-order valence-corrected chi connectivity index (χ2v) is 8.18. The Morgan fingerprint density at radius 1 is 1.16 bits per heavy atom. The number of carbonyl (C=O) groups is 1. The fourth-order valence-electron chi connectivity index (χ4n) is 3.72. The van der Waals surface area contributed by atoms with Crippen LogP contribution in [0.4, 0.5) is 5.13 Å². The molecule has 2 aromatic heterocycles. The third-order valence-electron chi connectivity index (χ3n) is 5.06. The predicted molar refractivity (Wildman–Crippen MR) is 118 cm³/mol. The van der Waals surface area contributed by atoms with E-state index in [0.717, 1.165) is 10.6 Å². The highest BCUT2D eigenvalue weighted by Gasteiger charge is 2.45. The smallest absolute Gasteiger partial charge is 0.297 e. The fraction of sp³-hybridized carbons (Fsp3) is 0.130. The van der Waals surface area contributed by atoms with E-state index in [2.05, 4.69) is 16.8 Å². The highest BCUT2D eigenvalue weighted by Crippen LogP contribution is 2.42. The number of amides is 1. The van der Waals surface area contributed by atoms with Crippen molar-refractivity contribution < 1.29 is 13.9 Å². The van der Waals surface area contributed by atoms with Crippen LogP contribution in [0.3, 0.4) is 0 Å².